The van der Waals surface area contributed by atoms with Gasteiger partial charge in [0.2, 0.25) is 0 Å². The van der Waals surface area contributed by atoms with Crippen LogP contribution in [0.2, 0.25) is 0 Å². The molecule has 0 radical (unpaired) electrons. The van der Waals surface area contributed by atoms with Gasteiger partial charge in [-0.05, 0) is 37.8 Å². The molecule has 2 N–H and O–H groups in total. The van der Waals surface area contributed by atoms with Gasteiger partial charge in [-0.15, -0.1) is 0 Å². The zero-order valence-electron chi connectivity index (χ0n) is 16.4. The fourth-order valence-electron chi connectivity index (χ4n) is 3.87. The summed E-state index contributed by atoms with van der Waals surface area (Å²) in [5, 5.41) is 10.1. The SMILES string of the molecule is O=C(Nc1cnn(CC2CCCO2)c1)NC1CCN(C(=O)c2ccccc2)CC1. The van der Waals surface area contributed by atoms with Crippen molar-refractivity contribution in [2.24, 2.45) is 0 Å². The summed E-state index contributed by atoms with van der Waals surface area (Å²) in [5.41, 5.74) is 1.37. The first-order chi connectivity index (χ1) is 14.2. The number of carbonyl (C=O) groups is 2. The third kappa shape index (κ3) is 5.14. The quantitative estimate of drug-likeness (QED) is 0.811. The molecule has 2 aliphatic heterocycles. The Labute approximate surface area is 170 Å². The molecule has 0 bridgehead atoms. The second-order valence-electron chi connectivity index (χ2n) is 7.62. The Hall–Kier alpha value is -2.87. The summed E-state index contributed by atoms with van der Waals surface area (Å²) in [6, 6.07) is 9.12. The first-order valence-electron chi connectivity index (χ1n) is 10.2. The zero-order valence-corrected chi connectivity index (χ0v) is 16.4. The first-order valence-corrected chi connectivity index (χ1v) is 10.2. The number of piperidine rings is 1. The van der Waals surface area contributed by atoms with Crippen LogP contribution in [0.3, 0.4) is 0 Å². The van der Waals surface area contributed by atoms with Crippen molar-refractivity contribution in [2.45, 2.75) is 44.4 Å². The number of nitrogens with one attached hydrogen (secondary N) is 2. The molecule has 2 saturated heterocycles. The fourth-order valence-corrected chi connectivity index (χ4v) is 3.87. The number of nitrogens with zero attached hydrogens (tertiary/aromatic N) is 3. The number of amides is 3. The summed E-state index contributed by atoms with van der Waals surface area (Å²) in [5.74, 6) is 0.0483. The Bertz CT molecular complexity index is 824. The van der Waals surface area contributed by atoms with Crippen LogP contribution in [0.1, 0.15) is 36.0 Å². The van der Waals surface area contributed by atoms with Gasteiger partial charge in [0, 0.05) is 37.5 Å². The summed E-state index contributed by atoms with van der Waals surface area (Å²) >= 11 is 0. The van der Waals surface area contributed by atoms with Crippen molar-refractivity contribution >= 4 is 17.6 Å². The van der Waals surface area contributed by atoms with Crippen molar-refractivity contribution in [2.75, 3.05) is 25.0 Å². The molecule has 1 unspecified atom stereocenters. The number of rotatable bonds is 5. The Balaban J connectivity index is 1.21. The molecule has 154 valence electrons. The third-order valence-corrected chi connectivity index (χ3v) is 5.44. The molecule has 4 rings (SSSR count). The number of anilines is 1. The lowest BCUT2D eigenvalue weighted by Gasteiger charge is -2.32. The van der Waals surface area contributed by atoms with Gasteiger partial charge in [-0.2, -0.15) is 5.10 Å². The average Bonchev–Trinajstić information content (AvgIpc) is 3.41. The third-order valence-electron chi connectivity index (χ3n) is 5.44. The summed E-state index contributed by atoms with van der Waals surface area (Å²) < 4.78 is 7.42. The number of likely N-dealkylation sites (tertiary alicyclic amines) is 1. The van der Waals surface area contributed by atoms with Gasteiger partial charge in [0.05, 0.1) is 24.5 Å². The van der Waals surface area contributed by atoms with Gasteiger partial charge in [0.25, 0.3) is 5.91 Å². The lowest BCUT2D eigenvalue weighted by atomic mass is 10.0. The number of hydrogen-bond acceptors (Lipinski definition) is 4. The number of ether oxygens (including phenoxy) is 1. The summed E-state index contributed by atoms with van der Waals surface area (Å²) in [4.78, 5) is 26.7. The minimum Gasteiger partial charge on any atom is -0.376 e. The highest BCUT2D eigenvalue weighted by molar-refractivity contribution is 5.94. The number of urea groups is 1. The van der Waals surface area contributed by atoms with E-state index in [-0.39, 0.29) is 24.1 Å². The van der Waals surface area contributed by atoms with E-state index in [9.17, 15) is 9.59 Å². The first kappa shape index (κ1) is 19.4. The van der Waals surface area contributed by atoms with E-state index in [1.54, 1.807) is 10.9 Å². The molecular weight excluding hydrogens is 370 g/mol. The minimum atomic E-state index is -0.241. The summed E-state index contributed by atoms with van der Waals surface area (Å²) in [6.07, 6.45) is 7.30. The number of hydrogen-bond donors (Lipinski definition) is 2. The van der Waals surface area contributed by atoms with E-state index in [0.717, 1.165) is 32.3 Å². The van der Waals surface area contributed by atoms with E-state index in [1.165, 1.54) is 0 Å². The van der Waals surface area contributed by atoms with Crippen LogP contribution in [0.15, 0.2) is 42.7 Å². The number of benzene rings is 1. The zero-order chi connectivity index (χ0) is 20.1. The predicted octanol–water partition coefficient (Wildman–Crippen LogP) is 2.49. The molecule has 1 atom stereocenters. The Morgan fingerprint density at radius 1 is 1.14 bits per heavy atom. The maximum atomic E-state index is 12.5. The maximum Gasteiger partial charge on any atom is 0.319 e. The molecule has 8 nitrogen and oxygen atoms in total. The van der Waals surface area contributed by atoms with Crippen LogP contribution in [0, 0.1) is 0 Å². The van der Waals surface area contributed by atoms with Crippen LogP contribution < -0.4 is 10.6 Å². The Morgan fingerprint density at radius 2 is 1.93 bits per heavy atom. The molecule has 2 aliphatic rings. The molecule has 3 amide bonds. The van der Waals surface area contributed by atoms with Crippen molar-refractivity contribution in [3.8, 4) is 0 Å². The van der Waals surface area contributed by atoms with Gasteiger partial charge in [-0.3, -0.25) is 9.48 Å². The molecule has 1 aromatic heterocycles. The highest BCUT2D eigenvalue weighted by Gasteiger charge is 2.24. The molecule has 0 aliphatic carbocycles. The van der Waals surface area contributed by atoms with Crippen LogP contribution in [0.4, 0.5) is 10.5 Å². The van der Waals surface area contributed by atoms with E-state index in [4.69, 9.17) is 4.74 Å². The standard InChI is InChI=1S/C21H27N5O3/c27-20(16-5-2-1-3-6-16)25-10-8-17(9-11-25)23-21(28)24-18-13-22-26(14-18)15-19-7-4-12-29-19/h1-3,5-6,13-14,17,19H,4,7-12,15H2,(H2,23,24,28). The maximum absolute atomic E-state index is 12.5. The fraction of sp³-hybridized carbons (Fsp3) is 0.476. The normalized spacial score (nSPS) is 19.9. The molecule has 2 fully saturated rings. The largest absolute Gasteiger partial charge is 0.376 e. The summed E-state index contributed by atoms with van der Waals surface area (Å²) in [7, 11) is 0. The lowest BCUT2D eigenvalue weighted by molar-refractivity contribution is 0.0709. The Morgan fingerprint density at radius 3 is 2.66 bits per heavy atom. The second-order valence-corrected chi connectivity index (χ2v) is 7.62. The predicted molar refractivity (Wildman–Crippen MR) is 109 cm³/mol. The van der Waals surface area contributed by atoms with Crippen molar-refractivity contribution in [1.82, 2.24) is 20.0 Å². The van der Waals surface area contributed by atoms with E-state index in [0.29, 0.717) is 30.9 Å². The van der Waals surface area contributed by atoms with E-state index in [1.807, 2.05) is 41.4 Å². The smallest absolute Gasteiger partial charge is 0.319 e. The molecule has 1 aromatic carbocycles. The van der Waals surface area contributed by atoms with Crippen LogP contribution in [0.5, 0.6) is 0 Å². The van der Waals surface area contributed by atoms with Gasteiger partial charge < -0.3 is 20.3 Å². The Kier molecular flexibility index (Phi) is 6.09. The van der Waals surface area contributed by atoms with Crippen molar-refractivity contribution in [3.63, 3.8) is 0 Å². The van der Waals surface area contributed by atoms with E-state index in [2.05, 4.69) is 15.7 Å². The second kappa shape index (κ2) is 9.09. The molecule has 0 saturated carbocycles. The van der Waals surface area contributed by atoms with Crippen LogP contribution in [-0.2, 0) is 11.3 Å². The monoisotopic (exact) mass is 397 g/mol. The van der Waals surface area contributed by atoms with E-state index >= 15 is 0 Å². The van der Waals surface area contributed by atoms with Crippen LogP contribution in [-0.4, -0.2) is 58.5 Å². The average molecular weight is 397 g/mol. The van der Waals surface area contributed by atoms with Gasteiger partial charge in [0.1, 0.15) is 0 Å². The minimum absolute atomic E-state index is 0.0483. The highest BCUT2D eigenvalue weighted by atomic mass is 16.5. The van der Waals surface area contributed by atoms with Crippen molar-refractivity contribution in [1.29, 1.82) is 0 Å². The number of carbonyl (C=O) groups excluding carboxylic acids is 2. The van der Waals surface area contributed by atoms with Gasteiger partial charge in [0.15, 0.2) is 0 Å². The van der Waals surface area contributed by atoms with Crippen LogP contribution in [0.25, 0.3) is 0 Å². The van der Waals surface area contributed by atoms with Crippen LogP contribution >= 0.6 is 0 Å². The van der Waals surface area contributed by atoms with Crippen molar-refractivity contribution < 1.29 is 14.3 Å². The molecule has 3 heterocycles. The number of aromatic nitrogens is 2. The highest BCUT2D eigenvalue weighted by Crippen LogP contribution is 2.16. The molecule has 8 heteroatoms. The molecule has 29 heavy (non-hydrogen) atoms. The molecule has 2 aromatic rings. The lowest BCUT2D eigenvalue weighted by Crippen LogP contribution is -2.47. The van der Waals surface area contributed by atoms with Gasteiger partial charge >= 0.3 is 6.03 Å². The summed E-state index contributed by atoms with van der Waals surface area (Å²) in [6.45, 7) is 2.79. The molecule has 0 spiro atoms. The topological polar surface area (TPSA) is 88.5 Å². The molecular formula is C21H27N5O3. The van der Waals surface area contributed by atoms with Crippen molar-refractivity contribution in [3.05, 3.63) is 48.3 Å². The van der Waals surface area contributed by atoms with E-state index < -0.39 is 0 Å². The van der Waals surface area contributed by atoms with Gasteiger partial charge in [-0.25, -0.2) is 4.79 Å². The van der Waals surface area contributed by atoms with Gasteiger partial charge in [-0.1, -0.05) is 18.2 Å².